The molecule has 3 nitrogen and oxygen atoms in total. The summed E-state index contributed by atoms with van der Waals surface area (Å²) in [4.78, 5) is 12.3. The van der Waals surface area contributed by atoms with Crippen molar-refractivity contribution in [3.63, 3.8) is 0 Å². The molecule has 0 heterocycles. The zero-order valence-corrected chi connectivity index (χ0v) is 13.0. The topological polar surface area (TPSA) is 52.9 Å². The zero-order chi connectivity index (χ0) is 16.1. The van der Waals surface area contributed by atoms with Gasteiger partial charge in [-0.3, -0.25) is 4.79 Å². The summed E-state index contributed by atoms with van der Waals surface area (Å²) >= 11 is 0. The van der Waals surface area contributed by atoms with Crippen molar-refractivity contribution in [2.24, 2.45) is 0 Å². The SMILES string of the molecule is Cc1cccc(NC(=O)/C(C#N)=C/c2cc(C)ccc2C)c1. The Morgan fingerprint density at radius 2 is 1.82 bits per heavy atom. The maximum Gasteiger partial charge on any atom is 0.266 e. The fraction of sp³-hybridized carbons (Fsp3) is 0.158. The van der Waals surface area contributed by atoms with Crippen LogP contribution in [0.25, 0.3) is 6.08 Å². The lowest BCUT2D eigenvalue weighted by atomic mass is 10.0. The summed E-state index contributed by atoms with van der Waals surface area (Å²) in [6.07, 6.45) is 1.63. The number of hydrogen-bond acceptors (Lipinski definition) is 2. The summed E-state index contributed by atoms with van der Waals surface area (Å²) in [6.45, 7) is 5.89. The Labute approximate surface area is 130 Å². The van der Waals surface area contributed by atoms with Gasteiger partial charge in [0.2, 0.25) is 0 Å². The maximum absolute atomic E-state index is 12.3. The number of carbonyl (C=O) groups excluding carboxylic acids is 1. The molecule has 2 aromatic rings. The van der Waals surface area contributed by atoms with E-state index in [1.54, 1.807) is 12.1 Å². The molecule has 0 unspecified atom stereocenters. The number of rotatable bonds is 3. The average Bonchev–Trinajstić information content (AvgIpc) is 2.48. The van der Waals surface area contributed by atoms with Gasteiger partial charge in [-0.05, 0) is 55.7 Å². The van der Waals surface area contributed by atoms with Gasteiger partial charge in [0, 0.05) is 5.69 Å². The quantitative estimate of drug-likeness (QED) is 0.681. The molecule has 0 spiro atoms. The molecule has 1 amide bonds. The third-order valence-electron chi connectivity index (χ3n) is 3.38. The minimum Gasteiger partial charge on any atom is -0.321 e. The van der Waals surface area contributed by atoms with E-state index < -0.39 is 5.91 Å². The second-order valence-corrected chi connectivity index (χ2v) is 5.35. The molecule has 0 fully saturated rings. The molecule has 0 aliphatic heterocycles. The van der Waals surface area contributed by atoms with Crippen molar-refractivity contribution in [3.8, 4) is 6.07 Å². The van der Waals surface area contributed by atoms with E-state index in [-0.39, 0.29) is 5.57 Å². The van der Waals surface area contributed by atoms with E-state index in [2.05, 4.69) is 5.32 Å². The summed E-state index contributed by atoms with van der Waals surface area (Å²) in [5.41, 5.74) is 4.84. The minimum absolute atomic E-state index is 0.0928. The molecule has 0 bridgehead atoms. The summed E-state index contributed by atoms with van der Waals surface area (Å²) in [5, 5.41) is 12.0. The number of anilines is 1. The number of benzene rings is 2. The molecule has 0 atom stereocenters. The van der Waals surface area contributed by atoms with Crippen molar-refractivity contribution in [1.82, 2.24) is 0 Å². The number of carbonyl (C=O) groups is 1. The predicted octanol–water partition coefficient (Wildman–Crippen LogP) is 4.16. The van der Waals surface area contributed by atoms with E-state index in [4.69, 9.17) is 0 Å². The molecule has 2 aromatic carbocycles. The van der Waals surface area contributed by atoms with E-state index in [9.17, 15) is 10.1 Å². The van der Waals surface area contributed by atoms with E-state index in [1.807, 2.05) is 63.2 Å². The van der Waals surface area contributed by atoms with Crippen molar-refractivity contribution < 1.29 is 4.79 Å². The summed E-state index contributed by atoms with van der Waals surface area (Å²) < 4.78 is 0. The Kier molecular flexibility index (Phi) is 4.75. The first kappa shape index (κ1) is 15.5. The number of amides is 1. The van der Waals surface area contributed by atoms with Crippen LogP contribution in [0, 0.1) is 32.1 Å². The van der Waals surface area contributed by atoms with Gasteiger partial charge < -0.3 is 5.32 Å². The smallest absolute Gasteiger partial charge is 0.266 e. The maximum atomic E-state index is 12.3. The van der Waals surface area contributed by atoms with Crippen LogP contribution in [0.4, 0.5) is 5.69 Å². The van der Waals surface area contributed by atoms with Gasteiger partial charge in [-0.25, -0.2) is 0 Å². The summed E-state index contributed by atoms with van der Waals surface area (Å²) in [7, 11) is 0. The third kappa shape index (κ3) is 3.83. The van der Waals surface area contributed by atoms with Gasteiger partial charge in [0.05, 0.1) is 0 Å². The lowest BCUT2D eigenvalue weighted by Gasteiger charge is -2.06. The van der Waals surface area contributed by atoms with Crippen LogP contribution in [0.1, 0.15) is 22.3 Å². The van der Waals surface area contributed by atoms with Crippen LogP contribution in [-0.4, -0.2) is 5.91 Å². The summed E-state index contributed by atoms with van der Waals surface area (Å²) in [5.74, 6) is -0.394. The van der Waals surface area contributed by atoms with Crippen molar-refractivity contribution in [3.05, 3.63) is 70.3 Å². The minimum atomic E-state index is -0.394. The van der Waals surface area contributed by atoms with Gasteiger partial charge in [-0.15, -0.1) is 0 Å². The Morgan fingerprint density at radius 3 is 2.50 bits per heavy atom. The van der Waals surface area contributed by atoms with Gasteiger partial charge in [0.15, 0.2) is 0 Å². The molecule has 0 saturated carbocycles. The first-order chi connectivity index (χ1) is 10.5. The van der Waals surface area contributed by atoms with E-state index >= 15 is 0 Å². The molecular weight excluding hydrogens is 272 g/mol. The number of nitrogens with one attached hydrogen (secondary N) is 1. The third-order valence-corrected chi connectivity index (χ3v) is 3.38. The van der Waals surface area contributed by atoms with Gasteiger partial charge >= 0.3 is 0 Å². The molecule has 3 heteroatoms. The Balaban J connectivity index is 2.28. The summed E-state index contributed by atoms with van der Waals surface area (Å²) in [6, 6.07) is 15.4. The second-order valence-electron chi connectivity index (χ2n) is 5.35. The zero-order valence-electron chi connectivity index (χ0n) is 13.0. The Hall–Kier alpha value is -2.86. The lowest BCUT2D eigenvalue weighted by Crippen LogP contribution is -2.13. The molecule has 0 aliphatic carbocycles. The van der Waals surface area contributed by atoms with E-state index in [0.29, 0.717) is 5.69 Å². The highest BCUT2D eigenvalue weighted by molar-refractivity contribution is 6.09. The van der Waals surface area contributed by atoms with Crippen molar-refractivity contribution >= 4 is 17.7 Å². The first-order valence-corrected chi connectivity index (χ1v) is 7.06. The molecule has 0 radical (unpaired) electrons. The first-order valence-electron chi connectivity index (χ1n) is 7.06. The van der Waals surface area contributed by atoms with Gasteiger partial charge in [0.25, 0.3) is 5.91 Å². The second kappa shape index (κ2) is 6.73. The van der Waals surface area contributed by atoms with Crippen LogP contribution in [0.5, 0.6) is 0 Å². The molecule has 0 aromatic heterocycles. The molecule has 22 heavy (non-hydrogen) atoms. The Morgan fingerprint density at radius 1 is 1.09 bits per heavy atom. The average molecular weight is 290 g/mol. The number of nitriles is 1. The fourth-order valence-electron chi connectivity index (χ4n) is 2.14. The highest BCUT2D eigenvalue weighted by Crippen LogP contribution is 2.16. The molecule has 1 N–H and O–H groups in total. The van der Waals surface area contributed by atoms with Crippen LogP contribution in [-0.2, 0) is 4.79 Å². The Bertz CT molecular complexity index is 782. The predicted molar refractivity (Wildman–Crippen MR) is 89.3 cm³/mol. The largest absolute Gasteiger partial charge is 0.321 e. The van der Waals surface area contributed by atoms with E-state index in [1.165, 1.54) is 0 Å². The van der Waals surface area contributed by atoms with Crippen LogP contribution in [0.3, 0.4) is 0 Å². The fourth-order valence-corrected chi connectivity index (χ4v) is 2.14. The highest BCUT2D eigenvalue weighted by Gasteiger charge is 2.10. The standard InChI is InChI=1S/C19H18N2O/c1-13-5-4-6-18(10-13)21-19(22)17(12-20)11-16-9-14(2)7-8-15(16)3/h4-11H,1-3H3,(H,21,22)/b17-11+. The number of nitrogens with zero attached hydrogens (tertiary/aromatic N) is 1. The van der Waals surface area contributed by atoms with Gasteiger partial charge in [0.1, 0.15) is 11.6 Å². The number of hydrogen-bond donors (Lipinski definition) is 1. The molecular formula is C19H18N2O. The van der Waals surface area contributed by atoms with E-state index in [0.717, 1.165) is 22.3 Å². The van der Waals surface area contributed by atoms with Crippen molar-refractivity contribution in [2.75, 3.05) is 5.32 Å². The van der Waals surface area contributed by atoms with Crippen LogP contribution in [0.2, 0.25) is 0 Å². The number of aryl methyl sites for hydroxylation is 3. The molecule has 0 aliphatic rings. The van der Waals surface area contributed by atoms with Gasteiger partial charge in [-0.2, -0.15) is 5.26 Å². The highest BCUT2D eigenvalue weighted by atomic mass is 16.1. The van der Waals surface area contributed by atoms with Gasteiger partial charge in [-0.1, -0.05) is 35.9 Å². The molecule has 110 valence electrons. The normalized spacial score (nSPS) is 10.9. The molecule has 0 saturated heterocycles. The molecule has 2 rings (SSSR count). The lowest BCUT2D eigenvalue weighted by molar-refractivity contribution is -0.112. The van der Waals surface area contributed by atoms with Crippen LogP contribution >= 0.6 is 0 Å². The van der Waals surface area contributed by atoms with Crippen molar-refractivity contribution in [2.45, 2.75) is 20.8 Å². The van der Waals surface area contributed by atoms with Crippen molar-refractivity contribution in [1.29, 1.82) is 5.26 Å². The monoisotopic (exact) mass is 290 g/mol. The van der Waals surface area contributed by atoms with Crippen LogP contribution < -0.4 is 5.32 Å². The van der Waals surface area contributed by atoms with Crippen LogP contribution in [0.15, 0.2) is 48.0 Å².